The first-order valence-electron chi connectivity index (χ1n) is 9.63. The van der Waals surface area contributed by atoms with Gasteiger partial charge in [0.25, 0.3) is 11.8 Å². The van der Waals surface area contributed by atoms with E-state index in [4.69, 9.17) is 14.6 Å². The van der Waals surface area contributed by atoms with E-state index >= 15 is 0 Å². The van der Waals surface area contributed by atoms with E-state index in [0.29, 0.717) is 32.8 Å². The lowest BCUT2D eigenvalue weighted by Gasteiger charge is -2.27. The lowest BCUT2D eigenvalue weighted by atomic mass is 10.0. The van der Waals surface area contributed by atoms with E-state index in [1.807, 2.05) is 0 Å². The van der Waals surface area contributed by atoms with Crippen LogP contribution in [0.3, 0.4) is 0 Å². The predicted octanol–water partition coefficient (Wildman–Crippen LogP) is 0.0459. The number of carbonyl (C=O) groups excluding carboxylic acids is 4. The smallest absolute Gasteiger partial charge is 0.262 e. The molecule has 9 nitrogen and oxygen atoms in total. The Labute approximate surface area is 168 Å². The highest BCUT2D eigenvalue weighted by molar-refractivity contribution is 6.23. The van der Waals surface area contributed by atoms with Gasteiger partial charge in [-0.1, -0.05) is 6.07 Å². The van der Waals surface area contributed by atoms with Gasteiger partial charge in [0.15, 0.2) is 0 Å². The Hall–Kier alpha value is -2.62. The summed E-state index contributed by atoms with van der Waals surface area (Å²) in [4.78, 5) is 49.8. The van der Waals surface area contributed by atoms with E-state index < -0.39 is 29.7 Å². The van der Waals surface area contributed by atoms with Gasteiger partial charge >= 0.3 is 0 Å². The average molecular weight is 404 g/mol. The molecule has 4 amide bonds. The van der Waals surface area contributed by atoms with Gasteiger partial charge in [0.2, 0.25) is 11.8 Å². The Morgan fingerprint density at radius 2 is 1.72 bits per heavy atom. The number of rotatable bonds is 10. The Morgan fingerprint density at radius 3 is 2.45 bits per heavy atom. The molecule has 0 aliphatic carbocycles. The number of nitrogens with one attached hydrogen (secondary N) is 1. The molecular formula is C20H24N2O7. The van der Waals surface area contributed by atoms with Crippen molar-refractivity contribution in [2.45, 2.75) is 31.7 Å². The van der Waals surface area contributed by atoms with Crippen LogP contribution in [0, 0.1) is 0 Å². The number of fused-ring (bicyclic) bond motifs is 1. The molecule has 3 rings (SSSR count). The van der Waals surface area contributed by atoms with Crippen LogP contribution in [0.15, 0.2) is 18.2 Å². The van der Waals surface area contributed by atoms with Crippen molar-refractivity contribution in [3.63, 3.8) is 0 Å². The van der Waals surface area contributed by atoms with Gasteiger partial charge in [-0.25, -0.2) is 0 Å². The van der Waals surface area contributed by atoms with E-state index in [0.717, 1.165) is 16.9 Å². The van der Waals surface area contributed by atoms with Crippen LogP contribution in [0.1, 0.15) is 45.5 Å². The van der Waals surface area contributed by atoms with Gasteiger partial charge in [0.05, 0.1) is 37.6 Å². The summed E-state index contributed by atoms with van der Waals surface area (Å²) >= 11 is 0. The summed E-state index contributed by atoms with van der Waals surface area (Å²) in [6.45, 7) is 1.67. The number of ether oxygens (including phenoxy) is 2. The minimum absolute atomic E-state index is 0.0134. The first-order chi connectivity index (χ1) is 14.0. The molecule has 29 heavy (non-hydrogen) atoms. The molecule has 1 saturated heterocycles. The van der Waals surface area contributed by atoms with E-state index in [9.17, 15) is 19.2 Å². The second-order valence-corrected chi connectivity index (χ2v) is 6.88. The molecule has 0 aromatic heterocycles. The van der Waals surface area contributed by atoms with Crippen molar-refractivity contribution in [3.05, 3.63) is 34.9 Å². The molecule has 156 valence electrons. The average Bonchev–Trinajstić information content (AvgIpc) is 2.94. The highest BCUT2D eigenvalue weighted by Gasteiger charge is 2.44. The summed E-state index contributed by atoms with van der Waals surface area (Å²) in [5.41, 5.74) is 1.46. The van der Waals surface area contributed by atoms with Gasteiger partial charge in [-0.15, -0.1) is 0 Å². The molecule has 2 aliphatic heterocycles. The second-order valence-electron chi connectivity index (χ2n) is 6.88. The molecule has 9 heteroatoms. The maximum atomic E-state index is 12.8. The number of hydrogen-bond acceptors (Lipinski definition) is 7. The van der Waals surface area contributed by atoms with Crippen molar-refractivity contribution in [1.82, 2.24) is 10.2 Å². The Balaban J connectivity index is 1.55. The van der Waals surface area contributed by atoms with Gasteiger partial charge in [-0.2, -0.15) is 0 Å². The number of aryl methyl sites for hydroxylation is 1. The molecule has 1 aromatic carbocycles. The van der Waals surface area contributed by atoms with Crippen LogP contribution < -0.4 is 5.32 Å². The molecule has 2 heterocycles. The zero-order valence-corrected chi connectivity index (χ0v) is 16.0. The summed E-state index contributed by atoms with van der Waals surface area (Å²) < 4.78 is 10.5. The lowest BCUT2D eigenvalue weighted by Crippen LogP contribution is -2.54. The van der Waals surface area contributed by atoms with E-state index in [1.54, 1.807) is 18.2 Å². The number of hydrogen-bond donors (Lipinski definition) is 2. The monoisotopic (exact) mass is 404 g/mol. The lowest BCUT2D eigenvalue weighted by molar-refractivity contribution is -0.136. The topological polar surface area (TPSA) is 122 Å². The molecule has 0 bridgehead atoms. The molecular weight excluding hydrogens is 380 g/mol. The summed E-state index contributed by atoms with van der Waals surface area (Å²) in [6, 6.07) is 4.14. The summed E-state index contributed by atoms with van der Waals surface area (Å²) in [7, 11) is 0. The third-order valence-electron chi connectivity index (χ3n) is 4.87. The zero-order valence-electron chi connectivity index (χ0n) is 16.0. The number of imide groups is 2. The van der Waals surface area contributed by atoms with E-state index in [2.05, 4.69) is 5.32 Å². The van der Waals surface area contributed by atoms with Crippen LogP contribution in [0.4, 0.5) is 0 Å². The Morgan fingerprint density at radius 1 is 1.00 bits per heavy atom. The van der Waals surface area contributed by atoms with Crippen LogP contribution in [0.5, 0.6) is 0 Å². The largest absolute Gasteiger partial charge is 0.394 e. The first-order valence-corrected chi connectivity index (χ1v) is 9.63. The molecule has 1 unspecified atom stereocenters. The summed E-state index contributed by atoms with van der Waals surface area (Å²) in [6.07, 6.45) is 1.64. The predicted molar refractivity (Wildman–Crippen MR) is 100 cm³/mol. The quantitative estimate of drug-likeness (QED) is 0.417. The fraction of sp³-hybridized carbons (Fsp3) is 0.500. The minimum Gasteiger partial charge on any atom is -0.394 e. The third-order valence-corrected chi connectivity index (χ3v) is 4.87. The third kappa shape index (κ3) is 4.87. The van der Waals surface area contributed by atoms with Gasteiger partial charge < -0.3 is 14.6 Å². The van der Waals surface area contributed by atoms with Crippen molar-refractivity contribution in [3.8, 4) is 0 Å². The van der Waals surface area contributed by atoms with Gasteiger partial charge in [0, 0.05) is 13.0 Å². The van der Waals surface area contributed by atoms with Gasteiger partial charge in [-0.05, 0) is 37.0 Å². The van der Waals surface area contributed by atoms with Crippen molar-refractivity contribution in [2.24, 2.45) is 0 Å². The summed E-state index contributed by atoms with van der Waals surface area (Å²) in [5.74, 6) is -2.01. The molecule has 0 radical (unpaired) electrons. The molecule has 1 fully saturated rings. The molecule has 1 aromatic rings. The Kier molecular flexibility index (Phi) is 7.08. The van der Waals surface area contributed by atoms with Crippen molar-refractivity contribution >= 4 is 23.6 Å². The number of aliphatic hydroxyl groups excluding tert-OH is 1. The fourth-order valence-electron chi connectivity index (χ4n) is 3.44. The number of benzene rings is 1. The van der Waals surface area contributed by atoms with Crippen LogP contribution in [0.2, 0.25) is 0 Å². The van der Waals surface area contributed by atoms with E-state index in [1.165, 1.54) is 0 Å². The van der Waals surface area contributed by atoms with Crippen molar-refractivity contribution in [1.29, 1.82) is 0 Å². The SMILES string of the molecule is O=C1CCC(N2C(=O)c3ccc(CCCOCCOCCO)cc3C2=O)C(=O)N1. The standard InChI is InChI=1S/C20H24N2O7/c23-7-9-29-11-10-28-8-1-2-13-3-4-14-15(12-13)20(27)22(19(14)26)16-5-6-17(24)21-18(16)25/h3-4,12,16,23H,1-2,5-11H2,(H,21,24,25). The Bertz CT molecular complexity index is 808. The molecule has 2 N–H and O–H groups in total. The van der Waals surface area contributed by atoms with Crippen molar-refractivity contribution < 1.29 is 33.8 Å². The highest BCUT2D eigenvalue weighted by atomic mass is 16.5. The van der Waals surface area contributed by atoms with Crippen LogP contribution in [0.25, 0.3) is 0 Å². The van der Waals surface area contributed by atoms with Crippen LogP contribution >= 0.6 is 0 Å². The maximum absolute atomic E-state index is 12.8. The highest BCUT2D eigenvalue weighted by Crippen LogP contribution is 2.28. The van der Waals surface area contributed by atoms with Crippen molar-refractivity contribution in [2.75, 3.05) is 33.0 Å². The summed E-state index contributed by atoms with van der Waals surface area (Å²) in [5, 5.41) is 10.8. The van der Waals surface area contributed by atoms with Crippen LogP contribution in [-0.4, -0.2) is 72.7 Å². The second kappa shape index (κ2) is 9.73. The molecule has 0 spiro atoms. The molecule has 0 saturated carbocycles. The number of piperidine rings is 1. The fourth-order valence-corrected chi connectivity index (χ4v) is 3.44. The van der Waals surface area contributed by atoms with Crippen LogP contribution in [-0.2, 0) is 25.5 Å². The number of nitrogens with zero attached hydrogens (tertiary/aromatic N) is 1. The first kappa shape index (κ1) is 21.1. The normalized spacial score (nSPS) is 18.9. The number of amides is 4. The number of aliphatic hydroxyl groups is 1. The molecule has 2 aliphatic rings. The maximum Gasteiger partial charge on any atom is 0.262 e. The van der Waals surface area contributed by atoms with Gasteiger partial charge in [-0.3, -0.25) is 29.4 Å². The van der Waals surface area contributed by atoms with Gasteiger partial charge in [0.1, 0.15) is 6.04 Å². The van der Waals surface area contributed by atoms with E-state index in [-0.39, 0.29) is 30.6 Å². The minimum atomic E-state index is -0.954. The zero-order chi connectivity index (χ0) is 20.8. The number of carbonyl (C=O) groups is 4. The molecule has 1 atom stereocenters.